The predicted molar refractivity (Wildman–Crippen MR) is 78.9 cm³/mol. The molecule has 2 aromatic rings. The molecule has 1 aliphatic rings. The molecule has 1 fully saturated rings. The Labute approximate surface area is 122 Å². The number of amides is 1. The van der Waals surface area contributed by atoms with Crippen LogP contribution in [0.5, 0.6) is 0 Å². The summed E-state index contributed by atoms with van der Waals surface area (Å²) in [5.41, 5.74) is 0.453. The SMILES string of the molecule is Cc1ccc(-c2ocnc2C(=O)N2CCCCCC2)s1. The highest BCUT2D eigenvalue weighted by Crippen LogP contribution is 2.30. The number of rotatable bonds is 2. The van der Waals surface area contributed by atoms with Crippen molar-refractivity contribution < 1.29 is 9.21 Å². The van der Waals surface area contributed by atoms with E-state index in [1.165, 1.54) is 24.1 Å². The predicted octanol–water partition coefficient (Wildman–Crippen LogP) is 3.73. The molecule has 0 saturated carbocycles. The standard InChI is InChI=1S/C15H18N2O2S/c1-11-6-7-12(20-11)14-13(16-10-19-14)15(18)17-8-4-2-3-5-9-17/h6-7,10H,2-5,8-9H2,1H3. The van der Waals surface area contributed by atoms with Crippen LogP contribution in [0.2, 0.25) is 0 Å². The number of hydrogen-bond donors (Lipinski definition) is 0. The van der Waals surface area contributed by atoms with E-state index in [4.69, 9.17) is 4.42 Å². The minimum absolute atomic E-state index is 0.00158. The smallest absolute Gasteiger partial charge is 0.276 e. The van der Waals surface area contributed by atoms with Crippen molar-refractivity contribution in [1.82, 2.24) is 9.88 Å². The van der Waals surface area contributed by atoms with Gasteiger partial charge in [0.1, 0.15) is 0 Å². The Hall–Kier alpha value is -1.62. The van der Waals surface area contributed by atoms with Gasteiger partial charge in [0.15, 0.2) is 17.8 Å². The molecular weight excluding hydrogens is 272 g/mol. The molecule has 3 heterocycles. The number of hydrogen-bond acceptors (Lipinski definition) is 4. The normalized spacial score (nSPS) is 16.1. The van der Waals surface area contributed by atoms with Crippen molar-refractivity contribution in [2.45, 2.75) is 32.6 Å². The highest BCUT2D eigenvalue weighted by Gasteiger charge is 2.24. The maximum Gasteiger partial charge on any atom is 0.276 e. The molecule has 1 aliphatic heterocycles. The van der Waals surface area contributed by atoms with Crippen LogP contribution in [0.4, 0.5) is 0 Å². The number of nitrogens with zero attached hydrogens (tertiary/aromatic N) is 2. The van der Waals surface area contributed by atoms with Crippen LogP contribution < -0.4 is 0 Å². The third-order valence-corrected chi connectivity index (χ3v) is 4.63. The van der Waals surface area contributed by atoms with Crippen LogP contribution in [0.15, 0.2) is 22.9 Å². The van der Waals surface area contributed by atoms with Crippen LogP contribution in [0.25, 0.3) is 10.6 Å². The molecule has 0 N–H and O–H groups in total. The summed E-state index contributed by atoms with van der Waals surface area (Å²) in [5.74, 6) is 0.610. The van der Waals surface area contributed by atoms with Crippen molar-refractivity contribution >= 4 is 17.2 Å². The van der Waals surface area contributed by atoms with Crippen molar-refractivity contribution in [2.24, 2.45) is 0 Å². The number of thiophene rings is 1. The molecule has 0 spiro atoms. The average molecular weight is 290 g/mol. The molecule has 2 aromatic heterocycles. The van der Waals surface area contributed by atoms with Gasteiger partial charge in [0.2, 0.25) is 0 Å². The molecule has 5 heteroatoms. The summed E-state index contributed by atoms with van der Waals surface area (Å²) in [6, 6.07) is 4.02. The van der Waals surface area contributed by atoms with Gasteiger partial charge in [-0.3, -0.25) is 4.79 Å². The topological polar surface area (TPSA) is 46.3 Å². The molecule has 4 nitrogen and oxygen atoms in total. The molecule has 0 aliphatic carbocycles. The molecule has 106 valence electrons. The zero-order valence-electron chi connectivity index (χ0n) is 11.6. The van der Waals surface area contributed by atoms with E-state index in [1.807, 2.05) is 24.0 Å². The number of carbonyl (C=O) groups is 1. The van der Waals surface area contributed by atoms with Gasteiger partial charge in [-0.15, -0.1) is 11.3 Å². The summed E-state index contributed by atoms with van der Waals surface area (Å²) >= 11 is 1.62. The number of oxazole rings is 1. The number of aromatic nitrogens is 1. The summed E-state index contributed by atoms with van der Waals surface area (Å²) in [4.78, 5) is 20.9. The van der Waals surface area contributed by atoms with Crippen LogP contribution in [0, 0.1) is 6.92 Å². The number of carbonyl (C=O) groups excluding carboxylic acids is 1. The van der Waals surface area contributed by atoms with Gasteiger partial charge in [-0.05, 0) is 31.9 Å². The Bertz CT molecular complexity index is 595. The lowest BCUT2D eigenvalue weighted by atomic mass is 10.2. The maximum atomic E-state index is 12.6. The Morgan fingerprint density at radius 2 is 2.00 bits per heavy atom. The van der Waals surface area contributed by atoms with Gasteiger partial charge in [-0.2, -0.15) is 0 Å². The van der Waals surface area contributed by atoms with E-state index < -0.39 is 0 Å². The largest absolute Gasteiger partial charge is 0.442 e. The van der Waals surface area contributed by atoms with Crippen molar-refractivity contribution in [3.05, 3.63) is 29.1 Å². The van der Waals surface area contributed by atoms with Gasteiger partial charge in [-0.1, -0.05) is 12.8 Å². The molecule has 0 unspecified atom stereocenters. The minimum atomic E-state index is 0.00158. The fraction of sp³-hybridized carbons (Fsp3) is 0.467. The number of likely N-dealkylation sites (tertiary alicyclic amines) is 1. The molecule has 0 bridgehead atoms. The second-order valence-electron chi connectivity index (χ2n) is 5.15. The lowest BCUT2D eigenvalue weighted by Crippen LogP contribution is -2.32. The zero-order valence-corrected chi connectivity index (χ0v) is 12.4. The lowest BCUT2D eigenvalue weighted by Gasteiger charge is -2.19. The van der Waals surface area contributed by atoms with E-state index in [2.05, 4.69) is 4.98 Å². The van der Waals surface area contributed by atoms with Crippen LogP contribution in [0.1, 0.15) is 41.0 Å². The van der Waals surface area contributed by atoms with Crippen molar-refractivity contribution in [1.29, 1.82) is 0 Å². The molecular formula is C15H18N2O2S. The second-order valence-corrected chi connectivity index (χ2v) is 6.43. The van der Waals surface area contributed by atoms with Gasteiger partial charge in [0, 0.05) is 18.0 Å². The van der Waals surface area contributed by atoms with Crippen molar-refractivity contribution in [2.75, 3.05) is 13.1 Å². The first kappa shape index (κ1) is 13.4. The third-order valence-electron chi connectivity index (χ3n) is 3.63. The molecule has 1 saturated heterocycles. The highest BCUT2D eigenvalue weighted by molar-refractivity contribution is 7.15. The molecule has 0 aromatic carbocycles. The minimum Gasteiger partial charge on any atom is -0.442 e. The Kier molecular flexibility index (Phi) is 3.87. The van der Waals surface area contributed by atoms with Crippen molar-refractivity contribution in [3.63, 3.8) is 0 Å². The van der Waals surface area contributed by atoms with Gasteiger partial charge < -0.3 is 9.32 Å². The van der Waals surface area contributed by atoms with E-state index in [0.717, 1.165) is 30.8 Å². The number of aryl methyl sites for hydroxylation is 1. The average Bonchev–Trinajstić information content (AvgIpc) is 2.99. The summed E-state index contributed by atoms with van der Waals surface area (Å²) in [7, 11) is 0. The second kappa shape index (κ2) is 5.79. The van der Waals surface area contributed by atoms with Gasteiger partial charge in [-0.25, -0.2) is 4.98 Å². The Morgan fingerprint density at radius 1 is 1.25 bits per heavy atom. The summed E-state index contributed by atoms with van der Waals surface area (Å²) in [6.07, 6.45) is 5.95. The summed E-state index contributed by atoms with van der Waals surface area (Å²) in [5, 5.41) is 0. The van der Waals surface area contributed by atoms with Crippen LogP contribution in [-0.4, -0.2) is 28.9 Å². The molecule has 1 amide bonds. The molecule has 20 heavy (non-hydrogen) atoms. The Balaban J connectivity index is 1.87. The monoisotopic (exact) mass is 290 g/mol. The Morgan fingerprint density at radius 3 is 2.65 bits per heavy atom. The van der Waals surface area contributed by atoms with E-state index >= 15 is 0 Å². The van der Waals surface area contributed by atoms with E-state index in [9.17, 15) is 4.79 Å². The highest BCUT2D eigenvalue weighted by atomic mass is 32.1. The van der Waals surface area contributed by atoms with Gasteiger partial charge in [0.25, 0.3) is 5.91 Å². The lowest BCUT2D eigenvalue weighted by molar-refractivity contribution is 0.0757. The van der Waals surface area contributed by atoms with Gasteiger partial charge in [0.05, 0.1) is 4.88 Å². The van der Waals surface area contributed by atoms with E-state index in [1.54, 1.807) is 11.3 Å². The maximum absolute atomic E-state index is 12.6. The van der Waals surface area contributed by atoms with Crippen LogP contribution in [0.3, 0.4) is 0 Å². The first-order chi connectivity index (χ1) is 9.75. The first-order valence-corrected chi connectivity index (χ1v) is 7.87. The van der Waals surface area contributed by atoms with Crippen molar-refractivity contribution in [3.8, 4) is 10.6 Å². The first-order valence-electron chi connectivity index (χ1n) is 7.05. The van der Waals surface area contributed by atoms with Crippen LogP contribution in [-0.2, 0) is 0 Å². The van der Waals surface area contributed by atoms with E-state index in [-0.39, 0.29) is 5.91 Å². The van der Waals surface area contributed by atoms with E-state index in [0.29, 0.717) is 11.5 Å². The van der Waals surface area contributed by atoms with Gasteiger partial charge >= 0.3 is 0 Å². The third kappa shape index (κ3) is 2.63. The summed E-state index contributed by atoms with van der Waals surface area (Å²) in [6.45, 7) is 3.70. The quantitative estimate of drug-likeness (QED) is 0.846. The summed E-state index contributed by atoms with van der Waals surface area (Å²) < 4.78 is 5.46. The fourth-order valence-corrected chi connectivity index (χ4v) is 3.41. The fourth-order valence-electron chi connectivity index (χ4n) is 2.55. The zero-order chi connectivity index (χ0) is 13.9. The molecule has 0 radical (unpaired) electrons. The molecule has 0 atom stereocenters. The molecule has 3 rings (SSSR count). The van der Waals surface area contributed by atoms with Crippen LogP contribution >= 0.6 is 11.3 Å².